The number of thioether (sulfide) groups is 1. The maximum absolute atomic E-state index is 12.5. The van der Waals surface area contributed by atoms with Gasteiger partial charge in [0.2, 0.25) is 5.91 Å². The maximum Gasteiger partial charge on any atom is 0.234 e. The van der Waals surface area contributed by atoms with E-state index in [-0.39, 0.29) is 11.7 Å². The first-order chi connectivity index (χ1) is 14.7. The van der Waals surface area contributed by atoms with E-state index < -0.39 is 0 Å². The van der Waals surface area contributed by atoms with Gasteiger partial charge in [0.05, 0.1) is 10.6 Å². The van der Waals surface area contributed by atoms with Crippen molar-refractivity contribution >= 4 is 34.7 Å². The number of benzene rings is 2. The van der Waals surface area contributed by atoms with E-state index in [0.29, 0.717) is 11.4 Å². The van der Waals surface area contributed by atoms with Crippen molar-refractivity contribution in [1.29, 1.82) is 0 Å². The van der Waals surface area contributed by atoms with Gasteiger partial charge >= 0.3 is 0 Å². The molecule has 0 saturated heterocycles. The van der Waals surface area contributed by atoms with E-state index in [1.54, 1.807) is 17.4 Å². The van der Waals surface area contributed by atoms with Crippen LogP contribution in [-0.4, -0.2) is 26.4 Å². The molecule has 0 bridgehead atoms. The molecule has 30 heavy (non-hydrogen) atoms. The molecular formula is C22H20N4O2S2. The van der Waals surface area contributed by atoms with Crippen molar-refractivity contribution in [2.45, 2.75) is 18.6 Å². The molecule has 0 unspecified atom stereocenters. The van der Waals surface area contributed by atoms with E-state index in [1.807, 2.05) is 77.5 Å². The Kier molecular flexibility index (Phi) is 6.46. The minimum absolute atomic E-state index is 0.111. The number of aromatic nitrogens is 3. The van der Waals surface area contributed by atoms with Crippen molar-refractivity contribution in [2.75, 3.05) is 11.1 Å². The Morgan fingerprint density at radius 1 is 1.07 bits per heavy atom. The first kappa shape index (κ1) is 20.2. The fourth-order valence-corrected chi connectivity index (χ4v) is 4.38. The highest BCUT2D eigenvalue weighted by molar-refractivity contribution is 7.99. The van der Waals surface area contributed by atoms with Crippen LogP contribution < -0.4 is 10.1 Å². The van der Waals surface area contributed by atoms with Crippen molar-refractivity contribution in [1.82, 2.24) is 14.8 Å². The van der Waals surface area contributed by atoms with Crippen molar-refractivity contribution in [3.63, 3.8) is 0 Å². The molecule has 0 aliphatic heterocycles. The summed E-state index contributed by atoms with van der Waals surface area (Å²) in [5.74, 6) is 2.38. The number of hydrogen-bond acceptors (Lipinski definition) is 6. The standard InChI is InChI=1S/C22H20N4O2S2/c1-2-26-21(19-12-7-13-29-19)24-25-22(26)30-15-20(27)23-16-8-6-11-18(14-16)28-17-9-4-3-5-10-17/h3-14H,2,15H2,1H3,(H,23,27). The number of rotatable bonds is 8. The quantitative estimate of drug-likeness (QED) is 0.367. The Hall–Kier alpha value is -3.10. The number of carbonyl (C=O) groups is 1. The summed E-state index contributed by atoms with van der Waals surface area (Å²) >= 11 is 3.00. The lowest BCUT2D eigenvalue weighted by Gasteiger charge is -2.09. The lowest BCUT2D eigenvalue weighted by Crippen LogP contribution is -2.14. The third-order valence-electron chi connectivity index (χ3n) is 4.20. The van der Waals surface area contributed by atoms with Gasteiger partial charge in [-0.15, -0.1) is 21.5 Å². The van der Waals surface area contributed by atoms with Gasteiger partial charge in [-0.1, -0.05) is 42.1 Å². The van der Waals surface area contributed by atoms with E-state index in [9.17, 15) is 4.79 Å². The Bertz CT molecular complexity index is 1110. The lowest BCUT2D eigenvalue weighted by molar-refractivity contribution is -0.113. The van der Waals surface area contributed by atoms with Crippen molar-refractivity contribution in [3.8, 4) is 22.2 Å². The van der Waals surface area contributed by atoms with Gasteiger partial charge < -0.3 is 14.6 Å². The molecule has 0 radical (unpaired) electrons. The van der Waals surface area contributed by atoms with Gasteiger partial charge in [0.1, 0.15) is 11.5 Å². The van der Waals surface area contributed by atoms with Crippen LogP contribution in [0.1, 0.15) is 6.92 Å². The first-order valence-corrected chi connectivity index (χ1v) is 11.3. The summed E-state index contributed by atoms with van der Waals surface area (Å²) in [6.07, 6.45) is 0. The minimum Gasteiger partial charge on any atom is -0.457 e. The Labute approximate surface area is 182 Å². The fraction of sp³-hybridized carbons (Fsp3) is 0.136. The van der Waals surface area contributed by atoms with Crippen LogP contribution in [0.4, 0.5) is 5.69 Å². The normalized spacial score (nSPS) is 10.7. The van der Waals surface area contributed by atoms with Gasteiger partial charge in [0.15, 0.2) is 11.0 Å². The van der Waals surface area contributed by atoms with Gasteiger partial charge in [-0.2, -0.15) is 0 Å². The number of hydrogen-bond donors (Lipinski definition) is 1. The van der Waals surface area contributed by atoms with E-state index in [0.717, 1.165) is 28.2 Å². The number of amides is 1. The summed E-state index contributed by atoms with van der Waals surface area (Å²) in [4.78, 5) is 13.5. The first-order valence-electron chi connectivity index (χ1n) is 9.45. The van der Waals surface area contributed by atoms with E-state index in [2.05, 4.69) is 15.5 Å². The molecule has 0 spiro atoms. The highest BCUT2D eigenvalue weighted by atomic mass is 32.2. The van der Waals surface area contributed by atoms with Crippen LogP contribution in [0.5, 0.6) is 11.5 Å². The topological polar surface area (TPSA) is 69.0 Å². The number of para-hydroxylation sites is 1. The molecule has 0 aliphatic rings. The molecule has 0 aliphatic carbocycles. The largest absolute Gasteiger partial charge is 0.457 e. The van der Waals surface area contributed by atoms with Crippen molar-refractivity contribution < 1.29 is 9.53 Å². The summed E-state index contributed by atoms with van der Waals surface area (Å²) in [6.45, 7) is 2.78. The maximum atomic E-state index is 12.5. The molecule has 1 N–H and O–H groups in total. The number of anilines is 1. The van der Waals surface area contributed by atoms with Crippen LogP contribution in [0.15, 0.2) is 77.3 Å². The summed E-state index contributed by atoms with van der Waals surface area (Å²) in [5.41, 5.74) is 0.685. The predicted octanol–water partition coefficient (Wildman–Crippen LogP) is 5.55. The van der Waals surface area contributed by atoms with E-state index in [4.69, 9.17) is 4.74 Å². The molecule has 2 heterocycles. The van der Waals surface area contributed by atoms with Gasteiger partial charge in [-0.25, -0.2) is 0 Å². The zero-order valence-corrected chi connectivity index (χ0v) is 18.0. The van der Waals surface area contributed by atoms with Crippen molar-refractivity contribution in [2.24, 2.45) is 0 Å². The summed E-state index contributed by atoms with van der Waals surface area (Å²) in [7, 11) is 0. The van der Waals surface area contributed by atoms with Crippen LogP contribution in [-0.2, 0) is 11.3 Å². The number of carbonyl (C=O) groups excluding carboxylic acids is 1. The molecule has 4 rings (SSSR count). The van der Waals surface area contributed by atoms with Gasteiger partial charge in [-0.3, -0.25) is 4.79 Å². The highest BCUT2D eigenvalue weighted by Crippen LogP contribution is 2.28. The zero-order chi connectivity index (χ0) is 20.8. The van der Waals surface area contributed by atoms with E-state index >= 15 is 0 Å². The van der Waals surface area contributed by atoms with Gasteiger partial charge in [0, 0.05) is 18.3 Å². The van der Waals surface area contributed by atoms with Gasteiger partial charge in [-0.05, 0) is 42.6 Å². The van der Waals surface area contributed by atoms with Crippen LogP contribution >= 0.6 is 23.1 Å². The van der Waals surface area contributed by atoms with Crippen molar-refractivity contribution in [3.05, 3.63) is 72.1 Å². The Morgan fingerprint density at radius 3 is 2.67 bits per heavy atom. The molecule has 0 fully saturated rings. The molecule has 0 saturated carbocycles. The smallest absolute Gasteiger partial charge is 0.234 e. The number of nitrogens with one attached hydrogen (secondary N) is 1. The SMILES string of the molecule is CCn1c(SCC(=O)Nc2cccc(Oc3ccccc3)c2)nnc1-c1cccs1. The van der Waals surface area contributed by atoms with E-state index in [1.165, 1.54) is 11.8 Å². The zero-order valence-electron chi connectivity index (χ0n) is 16.3. The number of ether oxygens (including phenoxy) is 1. The highest BCUT2D eigenvalue weighted by Gasteiger charge is 2.15. The minimum atomic E-state index is -0.111. The van der Waals surface area contributed by atoms with Crippen LogP contribution in [0.3, 0.4) is 0 Å². The molecule has 152 valence electrons. The summed E-state index contributed by atoms with van der Waals surface area (Å²) in [6, 6.07) is 20.9. The van der Waals surface area contributed by atoms with Crippen LogP contribution in [0.2, 0.25) is 0 Å². The predicted molar refractivity (Wildman–Crippen MR) is 121 cm³/mol. The molecule has 2 aromatic carbocycles. The Morgan fingerprint density at radius 2 is 1.90 bits per heavy atom. The van der Waals surface area contributed by atoms with Crippen LogP contribution in [0.25, 0.3) is 10.7 Å². The molecule has 4 aromatic rings. The average Bonchev–Trinajstić information content (AvgIpc) is 3.42. The monoisotopic (exact) mass is 436 g/mol. The molecule has 1 amide bonds. The molecule has 0 atom stereocenters. The molecule has 8 heteroatoms. The van der Waals surface area contributed by atoms with Crippen LogP contribution in [0, 0.1) is 0 Å². The lowest BCUT2D eigenvalue weighted by atomic mass is 10.3. The second-order valence-electron chi connectivity index (χ2n) is 6.31. The Balaban J connectivity index is 1.37. The average molecular weight is 437 g/mol. The second kappa shape index (κ2) is 9.60. The number of nitrogens with zero attached hydrogens (tertiary/aromatic N) is 3. The molecule has 2 aromatic heterocycles. The van der Waals surface area contributed by atoms with Gasteiger partial charge in [0.25, 0.3) is 0 Å². The molecule has 6 nitrogen and oxygen atoms in total. The third kappa shape index (κ3) is 4.90. The second-order valence-corrected chi connectivity index (χ2v) is 8.20. The third-order valence-corrected chi connectivity index (χ3v) is 6.04. The summed E-state index contributed by atoms with van der Waals surface area (Å²) < 4.78 is 7.85. The summed E-state index contributed by atoms with van der Waals surface area (Å²) in [5, 5.41) is 14.2. The fourth-order valence-electron chi connectivity index (χ4n) is 2.86. The molecular weight excluding hydrogens is 416 g/mol. The number of thiophene rings is 1.